The number of rotatable bonds is 3. The third-order valence-electron chi connectivity index (χ3n) is 3.71. The third-order valence-corrected chi connectivity index (χ3v) is 3.71. The van der Waals surface area contributed by atoms with E-state index in [0.717, 1.165) is 35.7 Å². The lowest BCUT2D eigenvalue weighted by molar-refractivity contribution is 0.112. The van der Waals surface area contributed by atoms with Crippen molar-refractivity contribution < 1.29 is 4.79 Å². The van der Waals surface area contributed by atoms with Gasteiger partial charge in [-0.3, -0.25) is 9.48 Å². The zero-order valence-corrected chi connectivity index (χ0v) is 10.2. The molecule has 1 aromatic rings. The van der Waals surface area contributed by atoms with Crippen LogP contribution in [0, 0.1) is 19.8 Å². The van der Waals surface area contributed by atoms with Crippen LogP contribution < -0.4 is 0 Å². The van der Waals surface area contributed by atoms with E-state index in [0.29, 0.717) is 0 Å². The summed E-state index contributed by atoms with van der Waals surface area (Å²) in [6.07, 6.45) is 7.64. The second-order valence-corrected chi connectivity index (χ2v) is 4.89. The van der Waals surface area contributed by atoms with Crippen LogP contribution in [-0.4, -0.2) is 16.1 Å². The number of hydrogen-bond donors (Lipinski definition) is 0. The maximum Gasteiger partial charge on any atom is 0.153 e. The molecule has 0 radical (unpaired) electrons. The van der Waals surface area contributed by atoms with Gasteiger partial charge in [0.15, 0.2) is 6.29 Å². The molecule has 1 heterocycles. The second-order valence-electron chi connectivity index (χ2n) is 4.89. The second kappa shape index (κ2) is 4.81. The Labute approximate surface area is 96.8 Å². The zero-order chi connectivity index (χ0) is 11.5. The minimum Gasteiger partial charge on any atom is -0.298 e. The van der Waals surface area contributed by atoms with Crippen LogP contribution in [0.2, 0.25) is 0 Å². The monoisotopic (exact) mass is 220 g/mol. The standard InChI is InChI=1S/C13H20N2O/c1-10-13(9-16)11(2)15(14-10)8-12-6-4-3-5-7-12/h9,12H,3-8H2,1-2H3. The molecule has 1 aliphatic carbocycles. The van der Waals surface area contributed by atoms with Crippen molar-refractivity contribution in [3.05, 3.63) is 17.0 Å². The molecule has 2 rings (SSSR count). The first-order valence-electron chi connectivity index (χ1n) is 6.21. The smallest absolute Gasteiger partial charge is 0.153 e. The van der Waals surface area contributed by atoms with Crippen molar-refractivity contribution in [2.45, 2.75) is 52.5 Å². The minimum absolute atomic E-state index is 0.756. The molecule has 0 amide bonds. The molecular formula is C13H20N2O. The fourth-order valence-corrected chi connectivity index (χ4v) is 2.67. The number of aryl methyl sites for hydroxylation is 1. The van der Waals surface area contributed by atoms with Crippen molar-refractivity contribution in [3.8, 4) is 0 Å². The number of carbonyl (C=O) groups is 1. The summed E-state index contributed by atoms with van der Waals surface area (Å²) in [6, 6.07) is 0. The Hall–Kier alpha value is -1.12. The van der Waals surface area contributed by atoms with Gasteiger partial charge in [0.2, 0.25) is 0 Å². The quantitative estimate of drug-likeness (QED) is 0.734. The topological polar surface area (TPSA) is 34.9 Å². The van der Waals surface area contributed by atoms with E-state index >= 15 is 0 Å². The van der Waals surface area contributed by atoms with Crippen LogP contribution in [0.1, 0.15) is 53.8 Å². The van der Waals surface area contributed by atoms with Crippen molar-refractivity contribution in [2.24, 2.45) is 5.92 Å². The summed E-state index contributed by atoms with van der Waals surface area (Å²) in [4.78, 5) is 10.9. The van der Waals surface area contributed by atoms with Gasteiger partial charge in [-0.05, 0) is 32.6 Å². The minimum atomic E-state index is 0.756. The molecule has 0 atom stereocenters. The number of nitrogens with zero attached hydrogens (tertiary/aromatic N) is 2. The molecule has 88 valence electrons. The molecule has 0 aromatic carbocycles. The molecule has 0 N–H and O–H groups in total. The lowest BCUT2D eigenvalue weighted by Crippen LogP contribution is -2.16. The molecule has 16 heavy (non-hydrogen) atoms. The molecule has 1 aliphatic rings. The van der Waals surface area contributed by atoms with E-state index in [-0.39, 0.29) is 0 Å². The first kappa shape index (κ1) is 11.4. The Morgan fingerprint density at radius 2 is 2.00 bits per heavy atom. The van der Waals surface area contributed by atoms with Gasteiger partial charge in [0, 0.05) is 12.2 Å². The Balaban J connectivity index is 2.11. The fraction of sp³-hybridized carbons (Fsp3) is 0.692. The highest BCUT2D eigenvalue weighted by Gasteiger charge is 2.17. The van der Waals surface area contributed by atoms with E-state index in [1.807, 2.05) is 18.5 Å². The number of hydrogen-bond acceptors (Lipinski definition) is 2. The van der Waals surface area contributed by atoms with E-state index in [4.69, 9.17) is 0 Å². The summed E-state index contributed by atoms with van der Waals surface area (Å²) < 4.78 is 2.02. The van der Waals surface area contributed by atoms with Gasteiger partial charge in [0.05, 0.1) is 11.3 Å². The van der Waals surface area contributed by atoms with Crippen LogP contribution >= 0.6 is 0 Å². The highest BCUT2D eigenvalue weighted by Crippen LogP contribution is 2.25. The number of aldehydes is 1. The maximum absolute atomic E-state index is 10.9. The predicted octanol–water partition coefficient (Wildman–Crippen LogP) is 2.89. The average Bonchev–Trinajstić information content (AvgIpc) is 2.55. The fourth-order valence-electron chi connectivity index (χ4n) is 2.67. The maximum atomic E-state index is 10.9. The SMILES string of the molecule is Cc1nn(CC2CCCCC2)c(C)c1C=O. The first-order valence-corrected chi connectivity index (χ1v) is 6.21. The van der Waals surface area contributed by atoms with Crippen LogP contribution in [0.25, 0.3) is 0 Å². The molecular weight excluding hydrogens is 200 g/mol. The van der Waals surface area contributed by atoms with Crippen LogP contribution in [-0.2, 0) is 6.54 Å². The molecule has 0 unspecified atom stereocenters. The average molecular weight is 220 g/mol. The number of aromatic nitrogens is 2. The van der Waals surface area contributed by atoms with Gasteiger partial charge in [-0.15, -0.1) is 0 Å². The summed E-state index contributed by atoms with van der Waals surface area (Å²) in [7, 11) is 0. The van der Waals surface area contributed by atoms with Crippen molar-refractivity contribution in [1.29, 1.82) is 0 Å². The summed E-state index contributed by atoms with van der Waals surface area (Å²) >= 11 is 0. The Morgan fingerprint density at radius 3 is 2.56 bits per heavy atom. The van der Waals surface area contributed by atoms with E-state index < -0.39 is 0 Å². The van der Waals surface area contributed by atoms with Crippen molar-refractivity contribution in [3.63, 3.8) is 0 Å². The van der Waals surface area contributed by atoms with Gasteiger partial charge in [-0.2, -0.15) is 5.10 Å². The molecule has 0 spiro atoms. The predicted molar refractivity (Wildman–Crippen MR) is 63.7 cm³/mol. The van der Waals surface area contributed by atoms with Gasteiger partial charge in [0.25, 0.3) is 0 Å². The first-order chi connectivity index (χ1) is 7.72. The summed E-state index contributed by atoms with van der Waals surface area (Å²) in [5.74, 6) is 0.756. The molecule has 0 bridgehead atoms. The van der Waals surface area contributed by atoms with Crippen LogP contribution in [0.5, 0.6) is 0 Å². The normalized spacial score (nSPS) is 17.6. The van der Waals surface area contributed by atoms with Crippen molar-refractivity contribution in [2.75, 3.05) is 0 Å². The lowest BCUT2D eigenvalue weighted by atomic mass is 9.89. The van der Waals surface area contributed by atoms with E-state index in [1.165, 1.54) is 32.1 Å². The van der Waals surface area contributed by atoms with Gasteiger partial charge < -0.3 is 0 Å². The highest BCUT2D eigenvalue weighted by atomic mass is 16.1. The van der Waals surface area contributed by atoms with Gasteiger partial charge in [0.1, 0.15) is 0 Å². The largest absolute Gasteiger partial charge is 0.298 e. The van der Waals surface area contributed by atoms with Crippen molar-refractivity contribution >= 4 is 6.29 Å². The molecule has 1 aromatic heterocycles. The Morgan fingerprint density at radius 1 is 1.31 bits per heavy atom. The molecule has 0 saturated heterocycles. The third kappa shape index (κ3) is 2.18. The molecule has 1 fully saturated rings. The summed E-state index contributed by atoms with van der Waals surface area (Å²) in [6.45, 7) is 4.89. The molecule has 1 saturated carbocycles. The van der Waals surface area contributed by atoms with Crippen molar-refractivity contribution in [1.82, 2.24) is 9.78 Å². The van der Waals surface area contributed by atoms with E-state index in [9.17, 15) is 4.79 Å². The molecule has 0 aliphatic heterocycles. The van der Waals surface area contributed by atoms with E-state index in [2.05, 4.69) is 5.10 Å². The van der Waals surface area contributed by atoms with Crippen LogP contribution in [0.3, 0.4) is 0 Å². The molecule has 3 heteroatoms. The summed E-state index contributed by atoms with van der Waals surface area (Å²) in [5.41, 5.74) is 2.66. The van der Waals surface area contributed by atoms with Gasteiger partial charge in [-0.25, -0.2) is 0 Å². The van der Waals surface area contributed by atoms with Gasteiger partial charge >= 0.3 is 0 Å². The Kier molecular flexibility index (Phi) is 3.42. The highest BCUT2D eigenvalue weighted by molar-refractivity contribution is 5.77. The number of carbonyl (C=O) groups excluding carboxylic acids is 1. The van der Waals surface area contributed by atoms with Gasteiger partial charge in [-0.1, -0.05) is 19.3 Å². The van der Waals surface area contributed by atoms with Crippen LogP contribution in [0.15, 0.2) is 0 Å². The Bertz CT molecular complexity index is 376. The van der Waals surface area contributed by atoms with Crippen LogP contribution in [0.4, 0.5) is 0 Å². The van der Waals surface area contributed by atoms with E-state index in [1.54, 1.807) is 0 Å². The zero-order valence-electron chi connectivity index (χ0n) is 10.2. The summed E-state index contributed by atoms with van der Waals surface area (Å²) in [5, 5.41) is 4.46. The molecule has 3 nitrogen and oxygen atoms in total. The lowest BCUT2D eigenvalue weighted by Gasteiger charge is -2.21.